The van der Waals surface area contributed by atoms with Crippen molar-refractivity contribution in [3.63, 3.8) is 0 Å². The van der Waals surface area contributed by atoms with Crippen LogP contribution < -0.4 is 29.6 Å². The summed E-state index contributed by atoms with van der Waals surface area (Å²) in [5.41, 5.74) is 13.5. The normalized spacial score (nSPS) is 18.6. The van der Waals surface area contributed by atoms with E-state index in [4.69, 9.17) is 29.1 Å². The number of aromatic nitrogens is 5. The highest BCUT2D eigenvalue weighted by atomic mass is 32.1. The number of likely N-dealkylation sites (N-methyl/N-ethyl adjacent to an activating group) is 1. The average Bonchev–Trinajstić information content (AvgIpc) is 4.28. The van der Waals surface area contributed by atoms with Gasteiger partial charge in [0.05, 0.1) is 48.1 Å². The molecule has 380 valence electrons. The van der Waals surface area contributed by atoms with Crippen molar-refractivity contribution in [2.45, 2.75) is 58.0 Å². The van der Waals surface area contributed by atoms with E-state index in [0.717, 1.165) is 80.4 Å². The molecule has 0 bridgehead atoms. The number of nitrogens with zero attached hydrogens (tertiary/aromatic N) is 8. The van der Waals surface area contributed by atoms with E-state index < -0.39 is 5.54 Å². The smallest absolute Gasteiger partial charge is 0.275 e. The van der Waals surface area contributed by atoms with E-state index in [9.17, 15) is 4.79 Å². The third kappa shape index (κ3) is 8.21. The number of benzene rings is 2. The zero-order valence-electron chi connectivity index (χ0n) is 42.4. The van der Waals surface area contributed by atoms with Gasteiger partial charge in [0.2, 0.25) is 0 Å². The molecule has 2 aromatic carbocycles. The van der Waals surface area contributed by atoms with Crippen molar-refractivity contribution in [1.82, 2.24) is 49.5 Å². The van der Waals surface area contributed by atoms with Crippen LogP contribution >= 0.6 is 22.7 Å². The Bertz CT molecular complexity index is 3430. The summed E-state index contributed by atoms with van der Waals surface area (Å²) in [6.07, 6.45) is 11.0. The number of nitrogens with one attached hydrogen (secondary N) is 2. The third-order valence-electron chi connectivity index (χ3n) is 15.1. The Balaban J connectivity index is 0.847. The molecule has 74 heavy (non-hydrogen) atoms. The molecule has 2 amide bonds. The van der Waals surface area contributed by atoms with Crippen molar-refractivity contribution in [1.29, 1.82) is 0 Å². The molecule has 18 heteroatoms. The van der Waals surface area contributed by atoms with E-state index in [-0.39, 0.29) is 30.6 Å². The Hall–Kier alpha value is -7.34. The van der Waals surface area contributed by atoms with Gasteiger partial charge in [-0.3, -0.25) is 9.59 Å². The Labute approximate surface area is 437 Å². The molecule has 7 aromatic rings. The molecule has 0 saturated carbocycles. The van der Waals surface area contributed by atoms with Gasteiger partial charge in [0.25, 0.3) is 11.8 Å². The number of fused-ring (bicyclic) bond motifs is 6. The number of thiophene rings is 2. The summed E-state index contributed by atoms with van der Waals surface area (Å²) < 4.78 is 30.9. The number of methoxy groups -OCH3 is 2. The summed E-state index contributed by atoms with van der Waals surface area (Å²) >= 11 is 3.17. The number of ether oxygens (including phenoxy) is 4. The second-order valence-corrected chi connectivity index (χ2v) is 21.9. The molecule has 1 atom stereocenters. The van der Waals surface area contributed by atoms with Crippen LogP contribution in [0.5, 0.6) is 23.0 Å². The molecule has 2 fully saturated rings. The lowest BCUT2D eigenvalue weighted by Gasteiger charge is -2.45. The highest BCUT2D eigenvalue weighted by molar-refractivity contribution is 7.08. The Morgan fingerprint density at radius 3 is 1.97 bits per heavy atom. The first kappa shape index (κ1) is 47.7. The van der Waals surface area contributed by atoms with Crippen molar-refractivity contribution in [2.24, 2.45) is 0 Å². The van der Waals surface area contributed by atoms with E-state index in [1.165, 1.54) is 0 Å². The van der Waals surface area contributed by atoms with Gasteiger partial charge in [0.15, 0.2) is 11.4 Å². The largest absolute Gasteiger partial charge is 0.496 e. The molecule has 2 saturated heterocycles. The maximum absolute atomic E-state index is 15.2. The molecule has 16 nitrogen and oxygen atoms in total. The van der Waals surface area contributed by atoms with Gasteiger partial charge in [-0.15, -0.1) is 5.73 Å². The zero-order chi connectivity index (χ0) is 50.9. The Morgan fingerprint density at radius 1 is 0.770 bits per heavy atom. The molecule has 12 rings (SSSR count). The summed E-state index contributed by atoms with van der Waals surface area (Å²) in [7, 11) is 5.36. The monoisotopic (exact) mass is 1030 g/mol. The number of hydrogen-bond donors (Lipinski definition) is 2. The van der Waals surface area contributed by atoms with E-state index in [1.54, 1.807) is 36.9 Å². The first-order valence-electron chi connectivity index (χ1n) is 25.0. The Kier molecular flexibility index (Phi) is 12.1. The van der Waals surface area contributed by atoms with E-state index in [2.05, 4.69) is 82.6 Å². The number of carbonyl (C=O) groups excluding carboxylic acids is 2. The van der Waals surface area contributed by atoms with Crippen molar-refractivity contribution in [2.75, 3.05) is 67.1 Å². The van der Waals surface area contributed by atoms with Crippen LogP contribution in [0.4, 0.5) is 0 Å². The maximum atomic E-state index is 15.2. The van der Waals surface area contributed by atoms with Gasteiger partial charge in [-0.2, -0.15) is 32.9 Å². The first-order valence-corrected chi connectivity index (χ1v) is 26.9. The van der Waals surface area contributed by atoms with Gasteiger partial charge in [0.1, 0.15) is 36.2 Å². The van der Waals surface area contributed by atoms with Gasteiger partial charge in [-0.1, -0.05) is 0 Å². The number of allylic oxidation sites excluding steroid dienone is 1. The van der Waals surface area contributed by atoms with Gasteiger partial charge < -0.3 is 48.8 Å². The average molecular weight is 1030 g/mol. The molecular formula is C56H58N10O6S2. The van der Waals surface area contributed by atoms with Crippen LogP contribution in [0.3, 0.4) is 0 Å². The van der Waals surface area contributed by atoms with Crippen molar-refractivity contribution in [3.05, 3.63) is 129 Å². The minimum Gasteiger partial charge on any atom is -0.496 e. The second kappa shape index (κ2) is 18.9. The number of carbonyl (C=O) groups is 2. The van der Waals surface area contributed by atoms with Crippen molar-refractivity contribution in [3.8, 4) is 68.0 Å². The molecule has 0 radical (unpaired) electrons. The fraction of sp³-hybridized carbons (Fsp3) is 0.339. The van der Waals surface area contributed by atoms with Crippen LogP contribution in [-0.4, -0.2) is 129 Å². The summed E-state index contributed by atoms with van der Waals surface area (Å²) in [5, 5.41) is 25.4. The minimum atomic E-state index is -0.559. The number of amides is 2. The van der Waals surface area contributed by atoms with E-state index in [0.29, 0.717) is 80.1 Å². The highest BCUT2D eigenvalue weighted by Gasteiger charge is 2.42. The molecule has 10 heterocycles. The summed E-state index contributed by atoms with van der Waals surface area (Å²) in [6.45, 7) is 11.9. The number of piperazine rings is 2. The van der Waals surface area contributed by atoms with Crippen molar-refractivity contribution < 1.29 is 28.5 Å². The maximum Gasteiger partial charge on any atom is 0.275 e. The quantitative estimate of drug-likeness (QED) is 0.120. The fourth-order valence-electron chi connectivity index (χ4n) is 11.0. The van der Waals surface area contributed by atoms with Crippen LogP contribution in [-0.2, 0) is 19.8 Å². The lowest BCUT2D eigenvalue weighted by Crippen LogP contribution is -2.62. The van der Waals surface area contributed by atoms with Crippen LogP contribution in [0.2, 0.25) is 0 Å². The van der Waals surface area contributed by atoms with Crippen molar-refractivity contribution >= 4 is 40.1 Å². The Morgan fingerprint density at radius 2 is 1.36 bits per heavy atom. The predicted molar refractivity (Wildman–Crippen MR) is 287 cm³/mol. The van der Waals surface area contributed by atoms with Crippen LogP contribution in [0.15, 0.2) is 100 Å². The highest BCUT2D eigenvalue weighted by Crippen LogP contribution is 2.48. The number of rotatable bonds is 11. The second-order valence-electron chi connectivity index (χ2n) is 20.3. The third-order valence-corrected chi connectivity index (χ3v) is 16.4. The summed E-state index contributed by atoms with van der Waals surface area (Å²) in [6, 6.07) is 14.2. The molecular weight excluding hydrogens is 973 g/mol. The SMILES string of the molecule is COc1cc2c(cc1C1=C=CCN(C)C=C1)-c1c(c(C(=O)N3CCNCC3(C)CCn3ccc(-c4cc5c(cc4OC)OCc4c(C(=O)N6CCNCC6(C)C)nn(-c6ccsc6)c4-5)c3)nn1-c1ccsc1)CO2. The topological polar surface area (TPSA) is 145 Å². The minimum absolute atomic E-state index is 0.100. The molecule has 5 aromatic heterocycles. The molecule has 5 aliphatic rings. The molecule has 1 unspecified atom stereocenters. The van der Waals surface area contributed by atoms with Crippen LogP contribution in [0, 0.1) is 0 Å². The van der Waals surface area contributed by atoms with Gasteiger partial charge in [-0.05, 0) is 80.4 Å². The zero-order valence-corrected chi connectivity index (χ0v) is 44.0. The summed E-state index contributed by atoms with van der Waals surface area (Å²) in [5.74, 6) is 2.44. The van der Waals surface area contributed by atoms with E-state index in [1.807, 2.05) is 85.0 Å². The molecule has 2 N–H and O–H groups in total. The van der Waals surface area contributed by atoms with Crippen LogP contribution in [0.1, 0.15) is 64.9 Å². The molecule has 5 aliphatic heterocycles. The lowest BCUT2D eigenvalue weighted by molar-refractivity contribution is 0.0377. The van der Waals surface area contributed by atoms with Gasteiger partial charge >= 0.3 is 0 Å². The fourth-order valence-corrected chi connectivity index (χ4v) is 12.2. The lowest BCUT2D eigenvalue weighted by atomic mass is 9.91. The predicted octanol–water partition coefficient (Wildman–Crippen LogP) is 8.50. The van der Waals surface area contributed by atoms with E-state index >= 15 is 4.79 Å². The number of aryl methyl sites for hydroxylation is 1. The number of hydrogen-bond acceptors (Lipinski definition) is 13. The van der Waals surface area contributed by atoms with Gasteiger partial charge in [0, 0.05) is 145 Å². The summed E-state index contributed by atoms with van der Waals surface area (Å²) in [4.78, 5) is 35.7. The first-order chi connectivity index (χ1) is 35.9. The molecule has 0 spiro atoms. The standard InChI is InChI=1S/C56H58N10O6S2/c1-55(2)33-57-14-20-63(55)53(67)49-43-29-71-48-27-46(70-6)40(25-42(48)52(43)65(59-49)37-11-22-73-31-37)36-10-18-62(28-36)19-13-56(3)34-58-15-21-64(56)54(68)50-44-30-72-47-26-45(69-5)39(35-8-7-16-61(4)17-9-35)24-41(47)51(44)66(60-50)38-12-23-74-32-38/h7,9-12,17-18,22-28,31-32,57-58H,13-16,19-21,29-30,33-34H2,1-6H3. The van der Waals surface area contributed by atoms with Gasteiger partial charge in [-0.25, -0.2) is 9.36 Å². The molecule has 0 aliphatic carbocycles. The van der Waals surface area contributed by atoms with Crippen LogP contribution in [0.25, 0.3) is 50.6 Å².